The van der Waals surface area contributed by atoms with Crippen LogP contribution in [0.2, 0.25) is 0 Å². The van der Waals surface area contributed by atoms with Crippen molar-refractivity contribution in [3.05, 3.63) is 88.8 Å². The van der Waals surface area contributed by atoms with E-state index < -0.39 is 0 Å². The van der Waals surface area contributed by atoms with Gasteiger partial charge >= 0.3 is 0 Å². The first kappa shape index (κ1) is 15.4. The summed E-state index contributed by atoms with van der Waals surface area (Å²) < 4.78 is 14.8. The summed E-state index contributed by atoms with van der Waals surface area (Å²) in [6.45, 7) is 0. The Morgan fingerprint density at radius 2 is 1.80 bits per heavy atom. The molecule has 0 amide bonds. The van der Waals surface area contributed by atoms with Crippen LogP contribution < -0.4 is 0 Å². The maximum atomic E-state index is 13.1. The molecule has 0 aliphatic heterocycles. The van der Waals surface area contributed by atoms with Gasteiger partial charge in [-0.25, -0.2) is 14.1 Å². The van der Waals surface area contributed by atoms with Gasteiger partial charge in [-0.15, -0.1) is 11.3 Å². The summed E-state index contributed by atoms with van der Waals surface area (Å²) in [4.78, 5) is 17.7. The standard InChI is InChI=1S/C19H12FN3OS/c20-15-6-2-13(3-7-15)17-19(25-12-21-17)18(24)14-4-8-16(9-5-14)23-11-1-10-22-23/h1-12H. The van der Waals surface area contributed by atoms with Crippen LogP contribution in [0.5, 0.6) is 0 Å². The van der Waals surface area contributed by atoms with Crippen molar-refractivity contribution in [1.82, 2.24) is 14.8 Å². The minimum atomic E-state index is -0.318. The van der Waals surface area contributed by atoms with E-state index in [1.54, 1.807) is 40.7 Å². The number of ketones is 1. The zero-order chi connectivity index (χ0) is 17.2. The molecule has 4 rings (SSSR count). The Kier molecular flexibility index (Phi) is 3.95. The molecule has 0 aliphatic rings. The summed E-state index contributed by atoms with van der Waals surface area (Å²) in [6.07, 6.45) is 3.54. The van der Waals surface area contributed by atoms with Gasteiger partial charge in [0.05, 0.1) is 16.9 Å². The minimum absolute atomic E-state index is 0.103. The zero-order valence-corrected chi connectivity index (χ0v) is 13.8. The molecule has 0 atom stereocenters. The Balaban J connectivity index is 1.66. The minimum Gasteiger partial charge on any atom is -0.288 e. The lowest BCUT2D eigenvalue weighted by Crippen LogP contribution is -2.02. The number of thiazole rings is 1. The number of carbonyl (C=O) groups excluding carboxylic acids is 1. The first-order valence-electron chi connectivity index (χ1n) is 7.56. The summed E-state index contributed by atoms with van der Waals surface area (Å²) in [7, 11) is 0. The van der Waals surface area contributed by atoms with Gasteiger partial charge in [-0.1, -0.05) is 0 Å². The fourth-order valence-corrected chi connectivity index (χ4v) is 3.31. The second kappa shape index (κ2) is 6.41. The number of aromatic nitrogens is 3. The largest absolute Gasteiger partial charge is 0.288 e. The molecule has 0 aliphatic carbocycles. The SMILES string of the molecule is O=C(c1ccc(-n2cccn2)cc1)c1scnc1-c1ccc(F)cc1. The number of nitrogens with zero attached hydrogens (tertiary/aromatic N) is 3. The molecule has 0 N–H and O–H groups in total. The lowest BCUT2D eigenvalue weighted by Gasteiger charge is -2.05. The van der Waals surface area contributed by atoms with Gasteiger partial charge in [-0.05, 0) is 54.6 Å². The van der Waals surface area contributed by atoms with Crippen LogP contribution in [-0.2, 0) is 0 Å². The Labute approximate surface area is 147 Å². The number of halogens is 1. The quantitative estimate of drug-likeness (QED) is 0.514. The molecule has 25 heavy (non-hydrogen) atoms. The molecule has 2 aromatic heterocycles. The molecule has 0 saturated carbocycles. The Bertz CT molecular complexity index is 1010. The molecular formula is C19H12FN3OS. The molecule has 0 bridgehead atoms. The second-order valence-electron chi connectivity index (χ2n) is 5.36. The average molecular weight is 349 g/mol. The Morgan fingerprint density at radius 3 is 2.48 bits per heavy atom. The highest BCUT2D eigenvalue weighted by Gasteiger charge is 2.18. The van der Waals surface area contributed by atoms with Crippen molar-refractivity contribution in [2.24, 2.45) is 0 Å². The highest BCUT2D eigenvalue weighted by Crippen LogP contribution is 2.28. The maximum Gasteiger partial charge on any atom is 0.205 e. The number of hydrogen-bond donors (Lipinski definition) is 0. The van der Waals surface area contributed by atoms with Crippen molar-refractivity contribution < 1.29 is 9.18 Å². The second-order valence-corrected chi connectivity index (χ2v) is 6.22. The van der Waals surface area contributed by atoms with Crippen molar-refractivity contribution in [2.75, 3.05) is 0 Å². The van der Waals surface area contributed by atoms with Crippen LogP contribution in [0.25, 0.3) is 16.9 Å². The maximum absolute atomic E-state index is 13.1. The summed E-state index contributed by atoms with van der Waals surface area (Å²) in [6, 6.07) is 15.1. The van der Waals surface area contributed by atoms with Gasteiger partial charge in [-0.3, -0.25) is 4.79 Å². The van der Waals surface area contributed by atoms with Crippen LogP contribution in [0.3, 0.4) is 0 Å². The highest BCUT2D eigenvalue weighted by atomic mass is 32.1. The third-order valence-electron chi connectivity index (χ3n) is 3.79. The number of benzene rings is 2. The van der Waals surface area contributed by atoms with Gasteiger partial charge in [0.15, 0.2) is 0 Å². The number of hydrogen-bond acceptors (Lipinski definition) is 4. The van der Waals surface area contributed by atoms with Gasteiger partial charge in [-0.2, -0.15) is 5.10 Å². The molecule has 2 heterocycles. The van der Waals surface area contributed by atoms with Crippen LogP contribution in [-0.4, -0.2) is 20.5 Å². The predicted molar refractivity (Wildman–Crippen MR) is 94.5 cm³/mol. The monoisotopic (exact) mass is 349 g/mol. The molecule has 0 fully saturated rings. The van der Waals surface area contributed by atoms with Gasteiger partial charge in [0.25, 0.3) is 0 Å². The van der Waals surface area contributed by atoms with E-state index in [1.807, 2.05) is 24.4 Å². The van der Waals surface area contributed by atoms with Gasteiger partial charge in [0, 0.05) is 23.5 Å². The van der Waals surface area contributed by atoms with E-state index in [-0.39, 0.29) is 11.6 Å². The molecule has 4 nitrogen and oxygen atoms in total. The predicted octanol–water partition coefficient (Wildman–Crippen LogP) is 4.37. The molecule has 0 radical (unpaired) electrons. The molecular weight excluding hydrogens is 337 g/mol. The average Bonchev–Trinajstić information content (AvgIpc) is 3.34. The van der Waals surface area contributed by atoms with Crippen LogP contribution in [0, 0.1) is 5.82 Å². The summed E-state index contributed by atoms with van der Waals surface area (Å²) >= 11 is 1.28. The van der Waals surface area contributed by atoms with Crippen LogP contribution in [0.1, 0.15) is 15.2 Å². The van der Waals surface area contributed by atoms with E-state index >= 15 is 0 Å². The van der Waals surface area contributed by atoms with Gasteiger partial charge in [0.2, 0.25) is 5.78 Å². The van der Waals surface area contributed by atoms with E-state index in [9.17, 15) is 9.18 Å². The molecule has 4 aromatic rings. The van der Waals surface area contributed by atoms with E-state index in [0.29, 0.717) is 16.1 Å². The van der Waals surface area contributed by atoms with E-state index in [4.69, 9.17) is 0 Å². The van der Waals surface area contributed by atoms with E-state index in [2.05, 4.69) is 10.1 Å². The smallest absolute Gasteiger partial charge is 0.205 e. The molecule has 2 aromatic carbocycles. The van der Waals surface area contributed by atoms with E-state index in [0.717, 1.165) is 11.3 Å². The van der Waals surface area contributed by atoms with Crippen LogP contribution in [0.15, 0.2) is 72.5 Å². The van der Waals surface area contributed by atoms with Crippen molar-refractivity contribution >= 4 is 17.1 Å². The topological polar surface area (TPSA) is 47.8 Å². The normalized spacial score (nSPS) is 10.8. The Hall–Kier alpha value is -3.12. The van der Waals surface area contributed by atoms with Crippen molar-refractivity contribution in [3.8, 4) is 16.9 Å². The molecule has 122 valence electrons. The highest BCUT2D eigenvalue weighted by molar-refractivity contribution is 7.12. The molecule has 6 heteroatoms. The van der Waals surface area contributed by atoms with Crippen molar-refractivity contribution in [3.63, 3.8) is 0 Å². The summed E-state index contributed by atoms with van der Waals surface area (Å²) in [5.74, 6) is -0.421. The van der Waals surface area contributed by atoms with Gasteiger partial charge in [0.1, 0.15) is 10.7 Å². The molecule has 0 spiro atoms. The third-order valence-corrected chi connectivity index (χ3v) is 4.62. The van der Waals surface area contributed by atoms with Gasteiger partial charge < -0.3 is 0 Å². The van der Waals surface area contributed by atoms with Crippen LogP contribution >= 0.6 is 11.3 Å². The van der Waals surface area contributed by atoms with Crippen LogP contribution in [0.4, 0.5) is 4.39 Å². The first-order valence-corrected chi connectivity index (χ1v) is 8.44. The fourth-order valence-electron chi connectivity index (χ4n) is 2.54. The lowest BCUT2D eigenvalue weighted by molar-refractivity contribution is 0.104. The zero-order valence-electron chi connectivity index (χ0n) is 13.0. The van der Waals surface area contributed by atoms with Crippen molar-refractivity contribution in [2.45, 2.75) is 0 Å². The fraction of sp³-hybridized carbons (Fsp3) is 0. The lowest BCUT2D eigenvalue weighted by atomic mass is 10.0. The first-order chi connectivity index (χ1) is 12.2. The number of carbonyl (C=O) groups is 1. The summed E-state index contributed by atoms with van der Waals surface area (Å²) in [5, 5.41) is 4.16. The summed E-state index contributed by atoms with van der Waals surface area (Å²) in [5.41, 5.74) is 4.38. The van der Waals surface area contributed by atoms with E-state index in [1.165, 1.54) is 23.5 Å². The number of rotatable bonds is 4. The Morgan fingerprint density at radius 1 is 1.04 bits per heavy atom. The molecule has 0 unspecified atom stereocenters. The third kappa shape index (κ3) is 2.99. The molecule has 0 saturated heterocycles. The van der Waals surface area contributed by atoms with Crippen molar-refractivity contribution in [1.29, 1.82) is 0 Å².